The number of rotatable bonds is 12. The van der Waals surface area contributed by atoms with Crippen LogP contribution in [0.4, 0.5) is 0 Å². The van der Waals surface area contributed by atoms with Crippen LogP contribution in [0.2, 0.25) is 10.0 Å². The third-order valence-corrected chi connectivity index (χ3v) is 5.95. The summed E-state index contributed by atoms with van der Waals surface area (Å²) in [6.45, 7) is 1.24. The molecule has 1 unspecified atom stereocenters. The quantitative estimate of drug-likeness (QED) is 0.354. The van der Waals surface area contributed by atoms with Gasteiger partial charge >= 0.3 is 5.97 Å². The van der Waals surface area contributed by atoms with E-state index in [4.69, 9.17) is 32.7 Å². The number of halogens is 2. The predicted molar refractivity (Wildman–Crippen MR) is 131 cm³/mol. The van der Waals surface area contributed by atoms with Gasteiger partial charge in [-0.25, -0.2) is 0 Å². The van der Waals surface area contributed by atoms with Crippen molar-refractivity contribution in [2.75, 3.05) is 20.2 Å². The van der Waals surface area contributed by atoms with Gasteiger partial charge in [0.15, 0.2) is 0 Å². The van der Waals surface area contributed by atoms with E-state index in [9.17, 15) is 9.90 Å². The second-order valence-electron chi connectivity index (χ2n) is 7.85. The van der Waals surface area contributed by atoms with Crippen LogP contribution in [0.1, 0.15) is 16.7 Å². The third kappa shape index (κ3) is 8.37. The molecule has 0 fully saturated rings. The summed E-state index contributed by atoms with van der Waals surface area (Å²) < 4.78 is 11.8. The average molecular weight is 488 g/mol. The fourth-order valence-electron chi connectivity index (χ4n) is 3.36. The van der Waals surface area contributed by atoms with Gasteiger partial charge in [-0.1, -0.05) is 71.7 Å². The van der Waals surface area contributed by atoms with Gasteiger partial charge in [-0.2, -0.15) is 0 Å². The Hall–Kier alpha value is -2.57. The molecule has 1 N–H and O–H groups in total. The van der Waals surface area contributed by atoms with E-state index in [-0.39, 0.29) is 12.6 Å². The Morgan fingerprint density at radius 3 is 2.27 bits per heavy atom. The Labute approximate surface area is 204 Å². The van der Waals surface area contributed by atoms with Gasteiger partial charge in [0.05, 0.1) is 29.8 Å². The first-order valence-electron chi connectivity index (χ1n) is 10.6. The number of carbonyl (C=O) groups is 1. The molecular formula is C26H27Cl2NO4. The number of ether oxygens (including phenoxy) is 2. The van der Waals surface area contributed by atoms with Gasteiger partial charge in [-0.3, -0.25) is 9.69 Å². The van der Waals surface area contributed by atoms with Crippen molar-refractivity contribution in [2.45, 2.75) is 25.7 Å². The maximum absolute atomic E-state index is 11.2. The van der Waals surface area contributed by atoms with Crippen LogP contribution in [-0.4, -0.2) is 42.2 Å². The fraction of sp³-hybridized carbons (Fsp3) is 0.269. The zero-order chi connectivity index (χ0) is 23.6. The molecule has 0 aliphatic heterocycles. The van der Waals surface area contributed by atoms with Crippen LogP contribution in [0.15, 0.2) is 72.8 Å². The summed E-state index contributed by atoms with van der Waals surface area (Å²) in [6.07, 6.45) is 0.658. The van der Waals surface area contributed by atoms with Gasteiger partial charge in [-0.05, 0) is 54.4 Å². The van der Waals surface area contributed by atoms with E-state index >= 15 is 0 Å². The number of carboxylic acids is 1. The zero-order valence-electron chi connectivity index (χ0n) is 18.4. The summed E-state index contributed by atoms with van der Waals surface area (Å²) in [4.78, 5) is 13.0. The van der Waals surface area contributed by atoms with Crippen molar-refractivity contribution < 1.29 is 19.4 Å². The van der Waals surface area contributed by atoms with E-state index in [1.54, 1.807) is 19.2 Å². The first-order chi connectivity index (χ1) is 15.9. The normalized spacial score (nSPS) is 12.0. The lowest BCUT2D eigenvalue weighted by Crippen LogP contribution is -2.40. The van der Waals surface area contributed by atoms with Crippen LogP contribution in [0.5, 0.6) is 5.75 Å². The Morgan fingerprint density at radius 1 is 0.909 bits per heavy atom. The predicted octanol–water partition coefficient (Wildman–Crippen LogP) is 5.72. The van der Waals surface area contributed by atoms with Gasteiger partial charge in [-0.15, -0.1) is 0 Å². The molecule has 174 valence electrons. The van der Waals surface area contributed by atoms with Gasteiger partial charge in [0.1, 0.15) is 12.4 Å². The second kappa shape index (κ2) is 12.6. The number of nitrogens with zero attached hydrogens (tertiary/aromatic N) is 1. The molecule has 33 heavy (non-hydrogen) atoms. The molecule has 0 saturated heterocycles. The topological polar surface area (TPSA) is 59.0 Å². The van der Waals surface area contributed by atoms with Gasteiger partial charge in [0.2, 0.25) is 0 Å². The van der Waals surface area contributed by atoms with E-state index < -0.39 is 5.97 Å². The second-order valence-corrected chi connectivity index (χ2v) is 8.66. The monoisotopic (exact) mass is 487 g/mol. The molecule has 1 atom stereocenters. The highest BCUT2D eigenvalue weighted by atomic mass is 35.5. The highest BCUT2D eigenvalue weighted by molar-refractivity contribution is 6.42. The van der Waals surface area contributed by atoms with Crippen LogP contribution in [0.25, 0.3) is 0 Å². The SMILES string of the molecule is CN(CC(=O)O)C(COCc1ccccc1)Cc1ccc(OCc2ccc(Cl)c(Cl)c2)cc1. The van der Waals surface area contributed by atoms with Crippen molar-refractivity contribution in [3.8, 4) is 5.75 Å². The Balaban J connectivity index is 1.57. The Kier molecular flexibility index (Phi) is 9.58. The molecule has 0 saturated carbocycles. The van der Waals surface area contributed by atoms with Crippen molar-refractivity contribution >= 4 is 29.2 Å². The highest BCUT2D eigenvalue weighted by Crippen LogP contribution is 2.24. The molecule has 0 bridgehead atoms. The summed E-state index contributed by atoms with van der Waals surface area (Å²) in [5.74, 6) is -0.128. The molecule has 0 radical (unpaired) electrons. The first-order valence-corrected chi connectivity index (χ1v) is 11.4. The van der Waals surface area contributed by atoms with Crippen LogP contribution < -0.4 is 4.74 Å². The molecule has 0 aliphatic rings. The van der Waals surface area contributed by atoms with Crippen LogP contribution in [-0.2, 0) is 29.2 Å². The number of likely N-dealkylation sites (N-methyl/N-ethyl adjacent to an activating group) is 1. The minimum Gasteiger partial charge on any atom is -0.489 e. The van der Waals surface area contributed by atoms with Crippen molar-refractivity contribution in [2.24, 2.45) is 0 Å². The summed E-state index contributed by atoms with van der Waals surface area (Å²) in [6, 6.07) is 23.0. The largest absolute Gasteiger partial charge is 0.489 e. The van der Waals surface area contributed by atoms with E-state index in [0.29, 0.717) is 36.3 Å². The lowest BCUT2D eigenvalue weighted by molar-refractivity contribution is -0.138. The molecule has 3 aromatic carbocycles. The van der Waals surface area contributed by atoms with Crippen molar-refractivity contribution in [1.29, 1.82) is 0 Å². The molecule has 0 heterocycles. The lowest BCUT2D eigenvalue weighted by atomic mass is 10.1. The van der Waals surface area contributed by atoms with Gasteiger partial charge in [0, 0.05) is 6.04 Å². The maximum atomic E-state index is 11.2. The molecule has 0 spiro atoms. The van der Waals surface area contributed by atoms with Crippen molar-refractivity contribution in [1.82, 2.24) is 4.90 Å². The summed E-state index contributed by atoms with van der Waals surface area (Å²) >= 11 is 12.0. The van der Waals surface area contributed by atoms with Crippen LogP contribution >= 0.6 is 23.2 Å². The van der Waals surface area contributed by atoms with E-state index in [1.807, 2.05) is 65.6 Å². The van der Waals surface area contributed by atoms with Crippen molar-refractivity contribution in [3.05, 3.63) is 99.5 Å². The van der Waals surface area contributed by atoms with E-state index in [2.05, 4.69) is 0 Å². The fourth-order valence-corrected chi connectivity index (χ4v) is 3.68. The number of benzene rings is 3. The molecule has 0 amide bonds. The zero-order valence-corrected chi connectivity index (χ0v) is 19.9. The Bertz CT molecular complexity index is 1030. The number of hydrogen-bond donors (Lipinski definition) is 1. The summed E-state index contributed by atoms with van der Waals surface area (Å²) in [5, 5.41) is 10.2. The first kappa shape index (κ1) is 25.1. The molecule has 5 nitrogen and oxygen atoms in total. The lowest BCUT2D eigenvalue weighted by Gasteiger charge is -2.27. The minimum absolute atomic E-state index is 0.0514. The van der Waals surface area contributed by atoms with Crippen LogP contribution in [0.3, 0.4) is 0 Å². The third-order valence-electron chi connectivity index (χ3n) is 5.21. The molecular weight excluding hydrogens is 461 g/mol. The summed E-state index contributed by atoms with van der Waals surface area (Å²) in [5.41, 5.74) is 3.09. The van der Waals surface area contributed by atoms with Crippen LogP contribution in [0, 0.1) is 0 Å². The maximum Gasteiger partial charge on any atom is 0.317 e. The number of carboxylic acid groups (broad SMARTS) is 1. The smallest absolute Gasteiger partial charge is 0.317 e. The van der Waals surface area contributed by atoms with E-state index in [1.165, 1.54) is 0 Å². The standard InChI is InChI=1S/C26H27Cl2NO4/c1-29(15-26(30)31)22(18-32-16-20-5-3-2-4-6-20)13-19-7-10-23(11-8-19)33-17-21-9-12-24(27)25(28)14-21/h2-12,14,22H,13,15-18H2,1H3,(H,30,31). The Morgan fingerprint density at radius 2 is 1.61 bits per heavy atom. The van der Waals surface area contributed by atoms with E-state index in [0.717, 1.165) is 22.4 Å². The molecule has 3 rings (SSSR count). The number of hydrogen-bond acceptors (Lipinski definition) is 4. The molecule has 0 aromatic heterocycles. The molecule has 0 aliphatic carbocycles. The average Bonchev–Trinajstić information content (AvgIpc) is 2.80. The summed E-state index contributed by atoms with van der Waals surface area (Å²) in [7, 11) is 1.80. The minimum atomic E-state index is -0.864. The molecule has 7 heteroatoms. The highest BCUT2D eigenvalue weighted by Gasteiger charge is 2.18. The molecule has 3 aromatic rings. The van der Waals surface area contributed by atoms with Gasteiger partial charge < -0.3 is 14.6 Å². The van der Waals surface area contributed by atoms with Crippen molar-refractivity contribution in [3.63, 3.8) is 0 Å². The van der Waals surface area contributed by atoms with Gasteiger partial charge in [0.25, 0.3) is 0 Å². The number of aliphatic carboxylic acids is 1.